The maximum absolute atomic E-state index is 5.62. The molecule has 0 saturated carbocycles. The molecular weight excluding hydrogens is 200 g/mol. The highest BCUT2D eigenvalue weighted by Crippen LogP contribution is 2.06. The number of nitrogens with one attached hydrogen (secondary N) is 1. The molecule has 5 heteroatoms. The summed E-state index contributed by atoms with van der Waals surface area (Å²) < 4.78 is 1.69. The first-order valence-corrected chi connectivity index (χ1v) is 4.51. The normalized spacial score (nSPS) is 10.4. The molecule has 0 unspecified atom stereocenters. The highest BCUT2D eigenvalue weighted by atomic mass is 35.5. The van der Waals surface area contributed by atoms with E-state index in [2.05, 4.69) is 22.0 Å². The van der Waals surface area contributed by atoms with E-state index in [9.17, 15) is 0 Å². The molecule has 0 aliphatic carbocycles. The number of fused-ring (bicyclic) bond motifs is 1. The van der Waals surface area contributed by atoms with Crippen LogP contribution in [0, 0.1) is 0 Å². The Morgan fingerprint density at radius 3 is 3.21 bits per heavy atom. The third-order valence-corrected chi connectivity index (χ3v) is 1.85. The van der Waals surface area contributed by atoms with E-state index in [1.54, 1.807) is 16.9 Å². The van der Waals surface area contributed by atoms with Gasteiger partial charge in [0.05, 0.1) is 6.54 Å². The molecule has 0 saturated heterocycles. The van der Waals surface area contributed by atoms with Crippen LogP contribution in [0.5, 0.6) is 0 Å². The Morgan fingerprint density at radius 1 is 1.57 bits per heavy atom. The lowest BCUT2D eigenvalue weighted by Gasteiger charge is -2.03. The molecule has 2 aromatic heterocycles. The molecule has 0 bridgehead atoms. The van der Waals surface area contributed by atoms with Gasteiger partial charge in [0.15, 0.2) is 5.65 Å². The van der Waals surface area contributed by atoms with E-state index in [4.69, 9.17) is 11.6 Å². The minimum absolute atomic E-state index is 0.509. The van der Waals surface area contributed by atoms with Gasteiger partial charge in [0, 0.05) is 17.4 Å². The summed E-state index contributed by atoms with van der Waals surface area (Å²) in [6.45, 7) is 4.09. The summed E-state index contributed by atoms with van der Waals surface area (Å²) in [4.78, 5) is 4.08. The minimum atomic E-state index is 0.509. The van der Waals surface area contributed by atoms with Crippen LogP contribution in [0.1, 0.15) is 0 Å². The van der Waals surface area contributed by atoms with Gasteiger partial charge in [-0.3, -0.25) is 0 Å². The van der Waals surface area contributed by atoms with Crippen molar-refractivity contribution < 1.29 is 0 Å². The largest absolute Gasteiger partial charge is 0.364 e. The molecule has 1 N–H and O–H groups in total. The second-order valence-corrected chi connectivity index (χ2v) is 3.35. The first kappa shape index (κ1) is 9.02. The van der Waals surface area contributed by atoms with Crippen LogP contribution in [0.15, 0.2) is 36.1 Å². The zero-order valence-electron chi connectivity index (χ0n) is 7.44. The third-order valence-electron chi connectivity index (χ3n) is 1.72. The Kier molecular flexibility index (Phi) is 2.37. The van der Waals surface area contributed by atoms with Crippen LogP contribution in [-0.2, 0) is 0 Å². The first-order valence-electron chi connectivity index (χ1n) is 4.13. The number of anilines is 1. The van der Waals surface area contributed by atoms with Gasteiger partial charge >= 0.3 is 0 Å². The fourth-order valence-corrected chi connectivity index (χ4v) is 1.16. The molecule has 4 nitrogen and oxygen atoms in total. The second-order valence-electron chi connectivity index (χ2n) is 2.82. The van der Waals surface area contributed by atoms with Gasteiger partial charge in [-0.05, 0) is 12.1 Å². The van der Waals surface area contributed by atoms with Crippen LogP contribution in [0.2, 0.25) is 0 Å². The lowest BCUT2D eigenvalue weighted by molar-refractivity contribution is 0.934. The number of nitrogens with zero attached hydrogens (tertiary/aromatic N) is 3. The number of aromatic nitrogens is 3. The molecule has 0 aliphatic heterocycles. The van der Waals surface area contributed by atoms with Gasteiger partial charge < -0.3 is 5.32 Å². The smallest absolute Gasteiger partial charge is 0.153 e. The summed E-state index contributed by atoms with van der Waals surface area (Å²) in [6.07, 6.45) is 3.49. The monoisotopic (exact) mass is 208 g/mol. The van der Waals surface area contributed by atoms with Crippen molar-refractivity contribution in [1.29, 1.82) is 0 Å². The molecule has 14 heavy (non-hydrogen) atoms. The second kappa shape index (κ2) is 3.67. The summed E-state index contributed by atoms with van der Waals surface area (Å²) >= 11 is 5.62. The third kappa shape index (κ3) is 1.85. The molecular formula is C9H9ClN4. The van der Waals surface area contributed by atoms with E-state index >= 15 is 0 Å². The topological polar surface area (TPSA) is 42.2 Å². The molecule has 0 spiro atoms. The highest BCUT2D eigenvalue weighted by Gasteiger charge is 1.97. The van der Waals surface area contributed by atoms with Crippen LogP contribution in [0.3, 0.4) is 0 Å². The quantitative estimate of drug-likeness (QED) is 0.838. The summed E-state index contributed by atoms with van der Waals surface area (Å²) in [5.41, 5.74) is 0.820. The number of hydrogen-bond acceptors (Lipinski definition) is 3. The van der Waals surface area contributed by atoms with Crippen LogP contribution >= 0.6 is 11.6 Å². The summed E-state index contributed by atoms with van der Waals surface area (Å²) in [6, 6.07) is 3.73. The molecule has 2 aromatic rings. The fourth-order valence-electron chi connectivity index (χ4n) is 1.10. The molecule has 72 valence electrons. The molecule has 2 rings (SSSR count). The maximum Gasteiger partial charge on any atom is 0.153 e. The van der Waals surface area contributed by atoms with E-state index < -0.39 is 0 Å². The van der Waals surface area contributed by atoms with Gasteiger partial charge in [0.25, 0.3) is 0 Å². The molecule has 0 aliphatic rings. The lowest BCUT2D eigenvalue weighted by Crippen LogP contribution is -2.04. The number of halogens is 1. The zero-order chi connectivity index (χ0) is 9.97. The van der Waals surface area contributed by atoms with E-state index in [-0.39, 0.29) is 0 Å². The zero-order valence-corrected chi connectivity index (χ0v) is 8.20. The van der Waals surface area contributed by atoms with Gasteiger partial charge in [-0.2, -0.15) is 0 Å². The average molecular weight is 209 g/mol. The van der Waals surface area contributed by atoms with Gasteiger partial charge in [-0.15, -0.1) is 5.10 Å². The molecule has 2 heterocycles. The van der Waals surface area contributed by atoms with Crippen molar-refractivity contribution in [3.63, 3.8) is 0 Å². The van der Waals surface area contributed by atoms with Crippen LogP contribution in [-0.4, -0.2) is 21.1 Å². The molecule has 0 aromatic carbocycles. The van der Waals surface area contributed by atoms with Crippen molar-refractivity contribution in [2.24, 2.45) is 0 Å². The van der Waals surface area contributed by atoms with E-state index in [1.807, 2.05) is 12.1 Å². The number of imidazole rings is 1. The predicted molar refractivity (Wildman–Crippen MR) is 56.5 cm³/mol. The van der Waals surface area contributed by atoms with Gasteiger partial charge in [0.1, 0.15) is 5.82 Å². The summed E-state index contributed by atoms with van der Waals surface area (Å²) in [7, 11) is 0. The first-order chi connectivity index (χ1) is 6.75. The summed E-state index contributed by atoms with van der Waals surface area (Å²) in [5, 5.41) is 7.84. The Hall–Kier alpha value is -1.55. The highest BCUT2D eigenvalue weighted by molar-refractivity contribution is 6.29. The Labute approximate surface area is 86.2 Å². The molecule has 0 radical (unpaired) electrons. The fraction of sp³-hybridized carbons (Fsp3) is 0.111. The lowest BCUT2D eigenvalue weighted by atomic mass is 10.5. The minimum Gasteiger partial charge on any atom is -0.364 e. The van der Waals surface area contributed by atoms with Crippen molar-refractivity contribution in [3.8, 4) is 0 Å². The standard InChI is InChI=1S/C9H9ClN4/c1-7(10)6-12-8-2-3-9-11-4-5-14(9)13-8/h2-5H,1,6H2,(H,12,13). The molecule has 0 fully saturated rings. The van der Waals surface area contributed by atoms with Crippen LogP contribution < -0.4 is 5.32 Å². The van der Waals surface area contributed by atoms with Crippen LogP contribution in [0.25, 0.3) is 5.65 Å². The van der Waals surface area contributed by atoms with E-state index in [0.29, 0.717) is 11.6 Å². The summed E-state index contributed by atoms with van der Waals surface area (Å²) in [5.74, 6) is 0.748. The SMILES string of the molecule is C=C(Cl)CNc1ccc2nccn2n1. The Morgan fingerprint density at radius 2 is 2.43 bits per heavy atom. The van der Waals surface area contributed by atoms with Crippen molar-refractivity contribution >= 4 is 23.1 Å². The molecule has 0 atom stereocenters. The maximum atomic E-state index is 5.62. The Bertz CT molecular complexity index is 463. The van der Waals surface area contributed by atoms with E-state index in [0.717, 1.165) is 11.5 Å². The van der Waals surface area contributed by atoms with Crippen molar-refractivity contribution in [3.05, 3.63) is 36.1 Å². The number of hydrogen-bond donors (Lipinski definition) is 1. The molecule has 0 amide bonds. The average Bonchev–Trinajstić information content (AvgIpc) is 2.61. The number of rotatable bonds is 3. The van der Waals surface area contributed by atoms with Crippen LogP contribution in [0.4, 0.5) is 5.82 Å². The Balaban J connectivity index is 2.21. The van der Waals surface area contributed by atoms with Crippen molar-refractivity contribution in [2.75, 3.05) is 11.9 Å². The van der Waals surface area contributed by atoms with Gasteiger partial charge in [-0.1, -0.05) is 18.2 Å². The van der Waals surface area contributed by atoms with Crippen molar-refractivity contribution in [2.45, 2.75) is 0 Å². The van der Waals surface area contributed by atoms with Gasteiger partial charge in [0.2, 0.25) is 0 Å². The van der Waals surface area contributed by atoms with E-state index in [1.165, 1.54) is 0 Å². The van der Waals surface area contributed by atoms with Crippen molar-refractivity contribution in [1.82, 2.24) is 14.6 Å². The van der Waals surface area contributed by atoms with Gasteiger partial charge in [-0.25, -0.2) is 9.50 Å². The predicted octanol–water partition coefficient (Wildman–Crippen LogP) is 1.89.